The molecule has 0 radical (unpaired) electrons. The molecule has 2 rings (SSSR count). The van der Waals surface area contributed by atoms with Crippen LogP contribution in [-0.4, -0.2) is 11.5 Å². The fraction of sp³-hybridized carbons (Fsp3) is 0.389. The molecule has 0 saturated carbocycles. The van der Waals surface area contributed by atoms with Crippen molar-refractivity contribution in [2.75, 3.05) is 6.54 Å². The molecule has 0 spiro atoms. The zero-order valence-corrected chi connectivity index (χ0v) is 12.9. The Morgan fingerprint density at radius 2 is 1.90 bits per heavy atom. The average molecular weight is 268 g/mol. The first-order chi connectivity index (χ1) is 9.61. The summed E-state index contributed by atoms with van der Waals surface area (Å²) in [5.41, 5.74) is 6.11. The highest BCUT2D eigenvalue weighted by molar-refractivity contribution is 5.37. The van der Waals surface area contributed by atoms with Crippen LogP contribution in [0.15, 0.2) is 36.4 Å². The number of benzene rings is 1. The van der Waals surface area contributed by atoms with E-state index in [1.807, 2.05) is 13.0 Å². The van der Waals surface area contributed by atoms with Crippen LogP contribution in [0.1, 0.15) is 47.5 Å². The summed E-state index contributed by atoms with van der Waals surface area (Å²) in [7, 11) is 0. The van der Waals surface area contributed by atoms with Gasteiger partial charge in [-0.05, 0) is 57.0 Å². The Morgan fingerprint density at radius 3 is 2.55 bits per heavy atom. The molecule has 0 saturated heterocycles. The topological polar surface area (TPSA) is 24.9 Å². The van der Waals surface area contributed by atoms with Crippen molar-refractivity contribution in [3.8, 4) is 0 Å². The fourth-order valence-corrected chi connectivity index (χ4v) is 2.54. The van der Waals surface area contributed by atoms with E-state index in [1.54, 1.807) is 0 Å². The highest BCUT2D eigenvalue weighted by atomic mass is 14.9. The summed E-state index contributed by atoms with van der Waals surface area (Å²) in [6, 6.07) is 13.1. The molecule has 2 nitrogen and oxygen atoms in total. The number of pyridine rings is 1. The van der Waals surface area contributed by atoms with Crippen LogP contribution in [0.5, 0.6) is 0 Å². The lowest BCUT2D eigenvalue weighted by Crippen LogP contribution is -2.25. The monoisotopic (exact) mass is 268 g/mol. The molecule has 0 aliphatic heterocycles. The van der Waals surface area contributed by atoms with Gasteiger partial charge in [-0.1, -0.05) is 36.8 Å². The van der Waals surface area contributed by atoms with Crippen LogP contribution < -0.4 is 5.32 Å². The summed E-state index contributed by atoms with van der Waals surface area (Å²) in [5.74, 6) is 0. The summed E-state index contributed by atoms with van der Waals surface area (Å²) in [6.45, 7) is 9.54. The van der Waals surface area contributed by atoms with Gasteiger partial charge in [0.15, 0.2) is 0 Å². The molecule has 1 N–H and O–H groups in total. The van der Waals surface area contributed by atoms with Gasteiger partial charge in [0, 0.05) is 5.69 Å². The number of aromatic nitrogens is 1. The Labute approximate surface area is 122 Å². The van der Waals surface area contributed by atoms with E-state index in [9.17, 15) is 0 Å². The van der Waals surface area contributed by atoms with Gasteiger partial charge in [-0.3, -0.25) is 4.98 Å². The molecule has 1 unspecified atom stereocenters. The maximum absolute atomic E-state index is 4.70. The molecule has 2 heteroatoms. The first kappa shape index (κ1) is 14.7. The van der Waals surface area contributed by atoms with Gasteiger partial charge in [-0.25, -0.2) is 0 Å². The quantitative estimate of drug-likeness (QED) is 0.883. The number of nitrogens with zero attached hydrogens (tertiary/aromatic N) is 1. The highest BCUT2D eigenvalue weighted by Crippen LogP contribution is 2.24. The van der Waals surface area contributed by atoms with Crippen molar-refractivity contribution in [3.63, 3.8) is 0 Å². The van der Waals surface area contributed by atoms with Gasteiger partial charge in [-0.15, -0.1) is 0 Å². The minimum Gasteiger partial charge on any atom is -0.305 e. The Hall–Kier alpha value is -1.67. The lowest BCUT2D eigenvalue weighted by atomic mass is 9.96. The fourth-order valence-electron chi connectivity index (χ4n) is 2.54. The van der Waals surface area contributed by atoms with Gasteiger partial charge in [-0.2, -0.15) is 0 Å². The SMILES string of the molecule is CCCNC(c1cccc(C)n1)c1ccc(C)cc1C. The largest absolute Gasteiger partial charge is 0.305 e. The van der Waals surface area contributed by atoms with Gasteiger partial charge >= 0.3 is 0 Å². The Balaban J connectivity index is 2.41. The lowest BCUT2D eigenvalue weighted by Gasteiger charge is -2.21. The van der Waals surface area contributed by atoms with Crippen LogP contribution in [0.2, 0.25) is 0 Å². The molecule has 1 aromatic heterocycles. The van der Waals surface area contributed by atoms with Gasteiger partial charge < -0.3 is 5.32 Å². The number of hydrogen-bond acceptors (Lipinski definition) is 2. The van der Waals surface area contributed by atoms with Crippen LogP contribution in [-0.2, 0) is 0 Å². The third-order valence-corrected chi connectivity index (χ3v) is 3.54. The Kier molecular flexibility index (Phi) is 4.91. The summed E-state index contributed by atoms with van der Waals surface area (Å²) < 4.78 is 0. The van der Waals surface area contributed by atoms with Crippen molar-refractivity contribution in [2.24, 2.45) is 0 Å². The standard InChI is InChI=1S/C18H24N2/c1-5-11-19-18(17-8-6-7-15(4)20-17)16-10-9-13(2)12-14(16)3/h6-10,12,18-19H,5,11H2,1-4H3. The summed E-state index contributed by atoms with van der Waals surface area (Å²) in [5, 5.41) is 3.63. The van der Waals surface area contributed by atoms with E-state index in [4.69, 9.17) is 4.98 Å². The van der Waals surface area contributed by atoms with E-state index in [0.29, 0.717) is 0 Å². The van der Waals surface area contributed by atoms with Crippen molar-refractivity contribution >= 4 is 0 Å². The van der Waals surface area contributed by atoms with Crippen molar-refractivity contribution in [3.05, 3.63) is 64.5 Å². The van der Waals surface area contributed by atoms with Gasteiger partial charge in [0.2, 0.25) is 0 Å². The van der Waals surface area contributed by atoms with E-state index in [1.165, 1.54) is 16.7 Å². The number of hydrogen-bond donors (Lipinski definition) is 1. The third kappa shape index (κ3) is 3.45. The first-order valence-corrected chi connectivity index (χ1v) is 7.36. The lowest BCUT2D eigenvalue weighted by molar-refractivity contribution is 0.583. The van der Waals surface area contributed by atoms with Crippen LogP contribution in [0.25, 0.3) is 0 Å². The van der Waals surface area contributed by atoms with Crippen molar-refractivity contribution in [2.45, 2.75) is 40.2 Å². The van der Waals surface area contributed by atoms with Crippen LogP contribution in [0.4, 0.5) is 0 Å². The van der Waals surface area contributed by atoms with Crippen LogP contribution >= 0.6 is 0 Å². The smallest absolute Gasteiger partial charge is 0.0754 e. The first-order valence-electron chi connectivity index (χ1n) is 7.36. The molecule has 0 fully saturated rings. The second-order valence-electron chi connectivity index (χ2n) is 5.45. The molecule has 106 valence electrons. The molecule has 20 heavy (non-hydrogen) atoms. The number of nitrogens with one attached hydrogen (secondary N) is 1. The molecule has 0 amide bonds. The maximum atomic E-state index is 4.70. The number of rotatable bonds is 5. The highest BCUT2D eigenvalue weighted by Gasteiger charge is 2.16. The minimum absolute atomic E-state index is 0.176. The van der Waals surface area contributed by atoms with E-state index < -0.39 is 0 Å². The summed E-state index contributed by atoms with van der Waals surface area (Å²) in [4.78, 5) is 4.70. The average Bonchev–Trinajstić information content (AvgIpc) is 2.41. The Morgan fingerprint density at radius 1 is 1.10 bits per heavy atom. The van der Waals surface area contributed by atoms with E-state index in [-0.39, 0.29) is 6.04 Å². The van der Waals surface area contributed by atoms with E-state index in [0.717, 1.165) is 24.4 Å². The zero-order chi connectivity index (χ0) is 14.5. The summed E-state index contributed by atoms with van der Waals surface area (Å²) >= 11 is 0. The van der Waals surface area contributed by atoms with Crippen molar-refractivity contribution < 1.29 is 0 Å². The Bertz CT molecular complexity index is 575. The van der Waals surface area contributed by atoms with Crippen LogP contribution in [0, 0.1) is 20.8 Å². The molecule has 1 heterocycles. The van der Waals surface area contributed by atoms with E-state index in [2.05, 4.69) is 56.4 Å². The van der Waals surface area contributed by atoms with E-state index >= 15 is 0 Å². The number of aryl methyl sites for hydroxylation is 3. The molecule has 0 aliphatic carbocycles. The normalized spacial score (nSPS) is 12.4. The van der Waals surface area contributed by atoms with Crippen molar-refractivity contribution in [1.29, 1.82) is 0 Å². The molecule has 1 aromatic carbocycles. The third-order valence-electron chi connectivity index (χ3n) is 3.54. The van der Waals surface area contributed by atoms with Gasteiger partial charge in [0.05, 0.1) is 11.7 Å². The van der Waals surface area contributed by atoms with Crippen LogP contribution in [0.3, 0.4) is 0 Å². The van der Waals surface area contributed by atoms with Gasteiger partial charge in [0.1, 0.15) is 0 Å². The van der Waals surface area contributed by atoms with Gasteiger partial charge in [0.25, 0.3) is 0 Å². The molecular formula is C18H24N2. The minimum atomic E-state index is 0.176. The molecule has 0 aliphatic rings. The summed E-state index contributed by atoms with van der Waals surface area (Å²) in [6.07, 6.45) is 1.12. The zero-order valence-electron chi connectivity index (χ0n) is 12.9. The maximum Gasteiger partial charge on any atom is 0.0754 e. The molecule has 1 atom stereocenters. The second kappa shape index (κ2) is 6.67. The molecule has 2 aromatic rings. The predicted octanol–water partition coefficient (Wildman–Crippen LogP) is 4.10. The molecule has 0 bridgehead atoms. The second-order valence-corrected chi connectivity index (χ2v) is 5.45. The van der Waals surface area contributed by atoms with Crippen molar-refractivity contribution in [1.82, 2.24) is 10.3 Å². The molecular weight excluding hydrogens is 244 g/mol. The predicted molar refractivity (Wildman–Crippen MR) is 85.0 cm³/mol.